The highest BCUT2D eigenvalue weighted by molar-refractivity contribution is 5.97. The Hall–Kier alpha value is -1.75. The second-order valence-electron chi connectivity index (χ2n) is 5.14. The monoisotopic (exact) mass is 247 g/mol. The first-order chi connectivity index (χ1) is 8.57. The summed E-state index contributed by atoms with van der Waals surface area (Å²) in [5, 5.41) is 3.31. The molecule has 3 N–H and O–H groups in total. The van der Waals surface area contributed by atoms with Gasteiger partial charge in [-0.15, -0.1) is 0 Å². The Labute approximate surface area is 106 Å². The maximum absolute atomic E-state index is 11.6. The Kier molecular flexibility index (Phi) is 2.45. The average Bonchev–Trinajstić information content (AvgIpc) is 3.10. The van der Waals surface area contributed by atoms with E-state index in [1.165, 1.54) is 0 Å². The fourth-order valence-corrected chi connectivity index (χ4v) is 2.00. The molecule has 0 saturated heterocycles. The Morgan fingerprint density at radius 1 is 1.50 bits per heavy atom. The lowest BCUT2D eigenvalue weighted by Crippen LogP contribution is -2.35. The summed E-state index contributed by atoms with van der Waals surface area (Å²) in [7, 11) is 1.76. The molecule has 1 aromatic rings. The minimum absolute atomic E-state index is 0.0304. The van der Waals surface area contributed by atoms with Gasteiger partial charge in [-0.2, -0.15) is 0 Å². The number of carbonyl (C=O) groups is 1. The Balaban J connectivity index is 1.78. The zero-order valence-electron chi connectivity index (χ0n) is 10.4. The smallest absolute Gasteiger partial charge is 0.264 e. The third-order valence-corrected chi connectivity index (χ3v) is 3.58. The third-order valence-electron chi connectivity index (χ3n) is 3.58. The van der Waals surface area contributed by atoms with Gasteiger partial charge in [0.1, 0.15) is 5.75 Å². The number of benzene rings is 1. The summed E-state index contributed by atoms with van der Waals surface area (Å²) in [4.78, 5) is 13.2. The molecule has 0 atom stereocenters. The van der Waals surface area contributed by atoms with Crippen LogP contribution in [0.3, 0.4) is 0 Å². The normalized spacial score (nSPS) is 20.1. The number of nitrogens with zero attached hydrogens (tertiary/aromatic N) is 1. The van der Waals surface area contributed by atoms with Gasteiger partial charge in [-0.1, -0.05) is 0 Å². The molecule has 5 nitrogen and oxygen atoms in total. The molecule has 0 radical (unpaired) electrons. The van der Waals surface area contributed by atoms with E-state index in [4.69, 9.17) is 10.5 Å². The molecule has 0 unspecified atom stereocenters. The van der Waals surface area contributed by atoms with Gasteiger partial charge < -0.3 is 20.7 Å². The number of anilines is 2. The van der Waals surface area contributed by atoms with Gasteiger partial charge in [0.15, 0.2) is 6.61 Å². The van der Waals surface area contributed by atoms with E-state index >= 15 is 0 Å². The van der Waals surface area contributed by atoms with Crippen LogP contribution >= 0.6 is 0 Å². The second kappa shape index (κ2) is 3.88. The Morgan fingerprint density at radius 3 is 3.00 bits per heavy atom. The van der Waals surface area contributed by atoms with E-state index in [1.807, 2.05) is 18.2 Å². The van der Waals surface area contributed by atoms with Gasteiger partial charge in [-0.3, -0.25) is 4.79 Å². The van der Waals surface area contributed by atoms with Crippen LogP contribution in [0, 0.1) is 0 Å². The number of hydrogen-bond acceptors (Lipinski definition) is 4. The highest BCUT2D eigenvalue weighted by Gasteiger charge is 2.37. The largest absolute Gasteiger partial charge is 0.482 e. The van der Waals surface area contributed by atoms with E-state index in [9.17, 15) is 4.79 Å². The zero-order valence-corrected chi connectivity index (χ0v) is 10.4. The lowest BCUT2D eigenvalue weighted by atomic mass is 10.2. The van der Waals surface area contributed by atoms with Crippen LogP contribution < -0.4 is 20.7 Å². The van der Waals surface area contributed by atoms with Crippen LogP contribution in [0.2, 0.25) is 0 Å². The molecule has 0 aromatic heterocycles. The van der Waals surface area contributed by atoms with E-state index < -0.39 is 0 Å². The zero-order chi connectivity index (χ0) is 12.8. The van der Waals surface area contributed by atoms with Crippen LogP contribution in [-0.4, -0.2) is 31.6 Å². The second-order valence-corrected chi connectivity index (χ2v) is 5.14. The van der Waals surface area contributed by atoms with Crippen molar-refractivity contribution >= 4 is 17.3 Å². The molecule has 1 aliphatic heterocycles. The number of nitrogens with one attached hydrogen (secondary N) is 1. The summed E-state index contributed by atoms with van der Waals surface area (Å²) in [6, 6.07) is 5.77. The van der Waals surface area contributed by atoms with Crippen molar-refractivity contribution in [3.63, 3.8) is 0 Å². The summed E-state index contributed by atoms with van der Waals surface area (Å²) < 4.78 is 5.38. The predicted octanol–water partition coefficient (Wildman–Crippen LogP) is 0.945. The van der Waals surface area contributed by atoms with Gasteiger partial charge in [0, 0.05) is 24.8 Å². The van der Waals surface area contributed by atoms with Gasteiger partial charge in [0.05, 0.1) is 5.69 Å². The van der Waals surface area contributed by atoms with Crippen molar-refractivity contribution in [3.8, 4) is 5.75 Å². The van der Waals surface area contributed by atoms with Crippen molar-refractivity contribution in [2.75, 3.05) is 30.4 Å². The fraction of sp³-hybridized carbons (Fsp3) is 0.462. The van der Waals surface area contributed by atoms with E-state index in [1.54, 1.807) is 11.9 Å². The van der Waals surface area contributed by atoms with Crippen molar-refractivity contribution in [1.82, 2.24) is 0 Å². The van der Waals surface area contributed by atoms with Gasteiger partial charge in [-0.05, 0) is 31.0 Å². The molecule has 1 heterocycles. The number of amides is 1. The van der Waals surface area contributed by atoms with Gasteiger partial charge in [0.2, 0.25) is 0 Å². The first-order valence-corrected chi connectivity index (χ1v) is 6.14. The summed E-state index contributed by atoms with van der Waals surface area (Å²) in [6.07, 6.45) is 2.15. The molecule has 0 spiro atoms. The van der Waals surface area contributed by atoms with Crippen LogP contribution in [0.5, 0.6) is 5.75 Å². The van der Waals surface area contributed by atoms with E-state index in [2.05, 4.69) is 5.32 Å². The quantitative estimate of drug-likeness (QED) is 0.834. The SMILES string of the molecule is CN1C(=O)COc2ccc(NCC3(N)CC3)cc21. The van der Waals surface area contributed by atoms with E-state index in [0.29, 0.717) is 0 Å². The maximum Gasteiger partial charge on any atom is 0.264 e. The minimum atomic E-state index is -0.0336. The molecule has 1 amide bonds. The first kappa shape index (κ1) is 11.3. The van der Waals surface area contributed by atoms with E-state index in [0.717, 1.165) is 36.5 Å². The van der Waals surface area contributed by atoms with Crippen LogP contribution in [-0.2, 0) is 4.79 Å². The highest BCUT2D eigenvalue weighted by Crippen LogP contribution is 2.35. The fourth-order valence-electron chi connectivity index (χ4n) is 2.00. The van der Waals surface area contributed by atoms with Gasteiger partial charge in [0.25, 0.3) is 5.91 Å². The molecule has 1 saturated carbocycles. The van der Waals surface area contributed by atoms with Crippen LogP contribution in [0.4, 0.5) is 11.4 Å². The Morgan fingerprint density at radius 2 is 2.28 bits per heavy atom. The van der Waals surface area contributed by atoms with Crippen LogP contribution in [0.25, 0.3) is 0 Å². The number of rotatable bonds is 3. The average molecular weight is 247 g/mol. The van der Waals surface area contributed by atoms with Crippen LogP contribution in [0.15, 0.2) is 18.2 Å². The van der Waals surface area contributed by atoms with Crippen molar-refractivity contribution in [1.29, 1.82) is 0 Å². The summed E-state index contributed by atoms with van der Waals surface area (Å²) in [5.74, 6) is 0.716. The molecule has 96 valence electrons. The lowest BCUT2D eigenvalue weighted by molar-refractivity contribution is -0.120. The van der Waals surface area contributed by atoms with Crippen molar-refractivity contribution in [2.24, 2.45) is 5.73 Å². The molecule has 1 aromatic carbocycles. The maximum atomic E-state index is 11.6. The molecular formula is C13H17N3O2. The van der Waals surface area contributed by atoms with Crippen molar-refractivity contribution in [3.05, 3.63) is 18.2 Å². The number of likely N-dealkylation sites (N-methyl/N-ethyl adjacent to an activating group) is 1. The number of nitrogens with two attached hydrogens (primary N) is 1. The van der Waals surface area contributed by atoms with Gasteiger partial charge in [-0.25, -0.2) is 0 Å². The van der Waals surface area contributed by atoms with Crippen molar-refractivity contribution in [2.45, 2.75) is 18.4 Å². The summed E-state index contributed by atoms with van der Waals surface area (Å²) in [6.45, 7) is 0.881. The number of carbonyl (C=O) groups excluding carboxylic acids is 1. The molecule has 0 bridgehead atoms. The van der Waals surface area contributed by atoms with Crippen molar-refractivity contribution < 1.29 is 9.53 Å². The number of ether oxygens (including phenoxy) is 1. The highest BCUT2D eigenvalue weighted by atomic mass is 16.5. The Bertz CT molecular complexity index is 497. The molecule has 1 aliphatic carbocycles. The van der Waals surface area contributed by atoms with Gasteiger partial charge >= 0.3 is 0 Å². The number of hydrogen-bond donors (Lipinski definition) is 2. The molecule has 1 fully saturated rings. The molecule has 18 heavy (non-hydrogen) atoms. The third kappa shape index (κ3) is 2.01. The number of fused-ring (bicyclic) bond motifs is 1. The summed E-state index contributed by atoms with van der Waals surface area (Å²) in [5.41, 5.74) is 7.77. The topological polar surface area (TPSA) is 67.6 Å². The molecule has 2 aliphatic rings. The summed E-state index contributed by atoms with van der Waals surface area (Å²) >= 11 is 0. The predicted molar refractivity (Wildman–Crippen MR) is 70.0 cm³/mol. The molecule has 3 rings (SSSR count). The lowest BCUT2D eigenvalue weighted by Gasteiger charge is -2.26. The molecule has 5 heteroatoms. The first-order valence-electron chi connectivity index (χ1n) is 6.14. The standard InChI is InChI=1S/C13H17N3O2/c1-16-10-6-9(15-8-13(14)4-5-13)2-3-11(10)18-7-12(16)17/h2-3,6,15H,4-5,7-8,14H2,1H3. The molecular weight excluding hydrogens is 230 g/mol. The van der Waals surface area contributed by atoms with E-state index in [-0.39, 0.29) is 18.1 Å². The van der Waals surface area contributed by atoms with Crippen LogP contribution in [0.1, 0.15) is 12.8 Å². The minimum Gasteiger partial charge on any atom is -0.482 e.